The first-order chi connectivity index (χ1) is 14.0. The fourth-order valence-corrected chi connectivity index (χ4v) is 4.57. The number of sulfonamides is 1. The molecule has 0 aliphatic heterocycles. The number of urea groups is 1. The number of aromatic nitrogens is 3. The second kappa shape index (κ2) is 8.34. The molecule has 2 amide bonds. The molecule has 0 radical (unpaired) electrons. The predicted octanol–water partition coefficient (Wildman–Crippen LogP) is 4.44. The molecule has 0 fully saturated rings. The number of nitrogens with zero attached hydrogens (tertiary/aromatic N) is 3. The summed E-state index contributed by atoms with van der Waals surface area (Å²) in [6.45, 7) is 0. The molecule has 2 heterocycles. The standard InChI is InChI=1S/C15H8Cl2F3N5O3S2/c16-8-3-1-2-4-10(8)30(27,28)25-13(26)22-14-24-23-12(29-14)11-9(17)5-7(6-21-11)15(18,19)20/h1-6H,(H2,22,24,25,26). The average molecular weight is 498 g/mol. The molecule has 2 N–H and O–H groups in total. The molecule has 15 heteroatoms. The Labute approximate surface area is 181 Å². The van der Waals surface area contributed by atoms with Gasteiger partial charge in [0, 0.05) is 6.20 Å². The first kappa shape index (κ1) is 22.2. The quantitative estimate of drug-likeness (QED) is 0.550. The van der Waals surface area contributed by atoms with Crippen LogP contribution in [0.5, 0.6) is 0 Å². The van der Waals surface area contributed by atoms with Crippen molar-refractivity contribution >= 4 is 55.7 Å². The Hall–Kier alpha value is -2.48. The van der Waals surface area contributed by atoms with E-state index in [1.807, 2.05) is 0 Å². The van der Waals surface area contributed by atoms with Gasteiger partial charge in [-0.3, -0.25) is 10.3 Å². The Kier molecular flexibility index (Phi) is 6.17. The smallest absolute Gasteiger partial charge is 0.281 e. The molecular formula is C15H8Cl2F3N5O3S2. The predicted molar refractivity (Wildman–Crippen MR) is 104 cm³/mol. The molecule has 3 aromatic rings. The summed E-state index contributed by atoms with van der Waals surface area (Å²) in [5.41, 5.74) is -1.12. The highest BCUT2D eigenvalue weighted by Gasteiger charge is 2.32. The topological polar surface area (TPSA) is 114 Å². The third-order valence-electron chi connectivity index (χ3n) is 3.37. The van der Waals surface area contributed by atoms with Gasteiger partial charge in [0.2, 0.25) is 5.13 Å². The molecule has 0 unspecified atom stereocenters. The molecule has 2 aromatic heterocycles. The van der Waals surface area contributed by atoms with E-state index < -0.39 is 27.8 Å². The van der Waals surface area contributed by atoms with E-state index in [4.69, 9.17) is 23.2 Å². The van der Waals surface area contributed by atoms with Crippen LogP contribution < -0.4 is 10.0 Å². The monoisotopic (exact) mass is 497 g/mol. The number of hydrogen-bond donors (Lipinski definition) is 2. The zero-order chi connectivity index (χ0) is 22.1. The van der Waals surface area contributed by atoms with Gasteiger partial charge in [0.15, 0.2) is 5.01 Å². The first-order valence-electron chi connectivity index (χ1n) is 7.62. The molecule has 0 spiro atoms. The van der Waals surface area contributed by atoms with E-state index in [9.17, 15) is 26.4 Å². The number of halogens is 5. The van der Waals surface area contributed by atoms with E-state index >= 15 is 0 Å². The molecular weight excluding hydrogens is 490 g/mol. The van der Waals surface area contributed by atoms with Crippen LogP contribution in [0.3, 0.4) is 0 Å². The number of carbonyl (C=O) groups excluding carboxylic acids is 1. The molecule has 0 aliphatic carbocycles. The number of rotatable bonds is 4. The van der Waals surface area contributed by atoms with Crippen LogP contribution in [0.25, 0.3) is 10.7 Å². The van der Waals surface area contributed by atoms with Crippen molar-refractivity contribution < 1.29 is 26.4 Å². The second-order valence-corrected chi connectivity index (χ2v) is 8.90. The van der Waals surface area contributed by atoms with Crippen molar-refractivity contribution in [1.29, 1.82) is 0 Å². The number of nitrogens with one attached hydrogen (secondary N) is 2. The van der Waals surface area contributed by atoms with Crippen molar-refractivity contribution in [2.45, 2.75) is 11.1 Å². The highest BCUT2D eigenvalue weighted by molar-refractivity contribution is 7.90. The summed E-state index contributed by atoms with van der Waals surface area (Å²) in [7, 11) is -4.26. The van der Waals surface area contributed by atoms with E-state index in [-0.39, 0.29) is 30.8 Å². The Bertz CT molecular complexity index is 1220. The summed E-state index contributed by atoms with van der Waals surface area (Å²) in [6.07, 6.45) is -4.03. The normalized spacial score (nSPS) is 11.9. The maximum Gasteiger partial charge on any atom is 0.417 e. The van der Waals surface area contributed by atoms with Crippen LogP contribution in [-0.4, -0.2) is 29.6 Å². The highest BCUT2D eigenvalue weighted by Crippen LogP contribution is 2.35. The van der Waals surface area contributed by atoms with Gasteiger partial charge in [-0.15, -0.1) is 10.2 Å². The van der Waals surface area contributed by atoms with Crippen LogP contribution >= 0.6 is 34.5 Å². The van der Waals surface area contributed by atoms with Gasteiger partial charge in [-0.25, -0.2) is 17.9 Å². The van der Waals surface area contributed by atoms with Crippen LogP contribution in [0.1, 0.15) is 5.56 Å². The van der Waals surface area contributed by atoms with Crippen molar-refractivity contribution in [3.8, 4) is 10.7 Å². The summed E-state index contributed by atoms with van der Waals surface area (Å²) in [6, 6.07) is 5.02. The maximum absolute atomic E-state index is 12.7. The third kappa shape index (κ3) is 4.98. The molecule has 0 bridgehead atoms. The summed E-state index contributed by atoms with van der Waals surface area (Å²) >= 11 is 12.4. The molecule has 30 heavy (non-hydrogen) atoms. The van der Waals surface area contributed by atoms with E-state index in [0.717, 1.165) is 11.3 Å². The van der Waals surface area contributed by atoms with Gasteiger partial charge < -0.3 is 0 Å². The summed E-state index contributed by atoms with van der Waals surface area (Å²) in [5.74, 6) is 0. The fourth-order valence-electron chi connectivity index (χ4n) is 2.08. The molecule has 0 atom stereocenters. The summed E-state index contributed by atoms with van der Waals surface area (Å²) in [4.78, 5) is 15.3. The molecule has 8 nitrogen and oxygen atoms in total. The zero-order valence-electron chi connectivity index (χ0n) is 14.2. The Morgan fingerprint density at radius 3 is 2.43 bits per heavy atom. The average Bonchev–Trinajstić information content (AvgIpc) is 3.08. The zero-order valence-corrected chi connectivity index (χ0v) is 17.4. The van der Waals surface area contributed by atoms with Gasteiger partial charge in [0.1, 0.15) is 10.6 Å². The lowest BCUT2D eigenvalue weighted by molar-refractivity contribution is -0.137. The molecule has 0 aliphatic rings. The van der Waals surface area contributed by atoms with E-state index in [1.165, 1.54) is 24.3 Å². The lowest BCUT2D eigenvalue weighted by Crippen LogP contribution is -2.34. The lowest BCUT2D eigenvalue weighted by Gasteiger charge is -2.08. The fraction of sp³-hybridized carbons (Fsp3) is 0.0667. The van der Waals surface area contributed by atoms with Crippen LogP contribution in [-0.2, 0) is 16.2 Å². The van der Waals surface area contributed by atoms with Gasteiger partial charge >= 0.3 is 12.2 Å². The van der Waals surface area contributed by atoms with E-state index in [0.29, 0.717) is 12.3 Å². The number of hydrogen-bond acceptors (Lipinski definition) is 7. The molecule has 158 valence electrons. The SMILES string of the molecule is O=C(Nc1nnc(-c2ncc(C(F)(F)F)cc2Cl)s1)NS(=O)(=O)c1ccccc1Cl. The Morgan fingerprint density at radius 1 is 1.10 bits per heavy atom. The van der Waals surface area contributed by atoms with E-state index in [2.05, 4.69) is 20.5 Å². The number of anilines is 1. The summed E-state index contributed by atoms with van der Waals surface area (Å²) in [5, 5.41) is 8.93. The van der Waals surface area contributed by atoms with Crippen molar-refractivity contribution in [2.75, 3.05) is 5.32 Å². The molecule has 3 rings (SSSR count). The third-order valence-corrected chi connectivity index (χ3v) is 6.33. The largest absolute Gasteiger partial charge is 0.417 e. The number of pyridine rings is 1. The lowest BCUT2D eigenvalue weighted by atomic mass is 10.2. The summed E-state index contributed by atoms with van der Waals surface area (Å²) < 4.78 is 64.3. The van der Waals surface area contributed by atoms with Gasteiger partial charge in [0.25, 0.3) is 10.0 Å². The molecule has 0 saturated carbocycles. The van der Waals surface area contributed by atoms with Crippen molar-refractivity contribution in [3.05, 3.63) is 52.1 Å². The molecule has 0 saturated heterocycles. The minimum atomic E-state index is -4.62. The number of benzene rings is 1. The number of amides is 2. The van der Waals surface area contributed by atoms with Crippen LogP contribution in [0.15, 0.2) is 41.4 Å². The van der Waals surface area contributed by atoms with Gasteiger partial charge in [-0.1, -0.05) is 46.7 Å². The Morgan fingerprint density at radius 2 is 1.80 bits per heavy atom. The maximum atomic E-state index is 12.7. The van der Waals surface area contributed by atoms with Crippen LogP contribution in [0.2, 0.25) is 10.0 Å². The first-order valence-corrected chi connectivity index (χ1v) is 10.7. The van der Waals surface area contributed by atoms with E-state index in [1.54, 1.807) is 4.72 Å². The Balaban J connectivity index is 1.74. The van der Waals surface area contributed by atoms with Gasteiger partial charge in [0.05, 0.1) is 15.6 Å². The highest BCUT2D eigenvalue weighted by atomic mass is 35.5. The second-order valence-electron chi connectivity index (χ2n) is 5.45. The van der Waals surface area contributed by atoms with Crippen molar-refractivity contribution in [1.82, 2.24) is 19.9 Å². The minimum Gasteiger partial charge on any atom is -0.281 e. The van der Waals surface area contributed by atoms with Crippen LogP contribution in [0, 0.1) is 0 Å². The number of alkyl halides is 3. The minimum absolute atomic E-state index is 0.0120. The van der Waals surface area contributed by atoms with Gasteiger partial charge in [-0.2, -0.15) is 13.2 Å². The van der Waals surface area contributed by atoms with Crippen LogP contribution in [0.4, 0.5) is 23.1 Å². The van der Waals surface area contributed by atoms with Crippen molar-refractivity contribution in [2.24, 2.45) is 0 Å². The molecule has 1 aromatic carbocycles. The van der Waals surface area contributed by atoms with Gasteiger partial charge in [-0.05, 0) is 18.2 Å². The number of carbonyl (C=O) groups is 1. The van der Waals surface area contributed by atoms with Crippen molar-refractivity contribution in [3.63, 3.8) is 0 Å².